The summed E-state index contributed by atoms with van der Waals surface area (Å²) in [6.45, 7) is 4.99. The van der Waals surface area contributed by atoms with Crippen LogP contribution in [0.2, 0.25) is 0 Å². The van der Waals surface area contributed by atoms with Crippen LogP contribution in [0.3, 0.4) is 0 Å². The van der Waals surface area contributed by atoms with E-state index in [-0.39, 0.29) is 6.03 Å². The quantitative estimate of drug-likeness (QED) is 0.693. The molecular formula is C10H19N3O. The van der Waals surface area contributed by atoms with Crippen LogP contribution in [0.5, 0.6) is 0 Å². The fourth-order valence-corrected chi connectivity index (χ4v) is 2.28. The lowest BCUT2D eigenvalue weighted by atomic mass is 10.1. The largest absolute Gasteiger partial charge is 0.328 e. The molecule has 2 amide bonds. The van der Waals surface area contributed by atoms with Crippen LogP contribution in [-0.2, 0) is 0 Å². The normalized spacial score (nSPS) is 28.6. The summed E-state index contributed by atoms with van der Waals surface area (Å²) < 4.78 is 0. The van der Waals surface area contributed by atoms with E-state index in [1.165, 1.54) is 6.42 Å². The summed E-state index contributed by atoms with van der Waals surface area (Å²) in [4.78, 5) is 15.6. The zero-order chi connectivity index (χ0) is 9.97. The van der Waals surface area contributed by atoms with Gasteiger partial charge in [-0.2, -0.15) is 0 Å². The molecule has 2 heterocycles. The number of nitrogens with one attached hydrogen (secondary N) is 1. The molecule has 4 heteroatoms. The Bertz CT molecular complexity index is 213. The summed E-state index contributed by atoms with van der Waals surface area (Å²) in [6, 6.07) is 0.211. The van der Waals surface area contributed by atoms with E-state index < -0.39 is 0 Å². The van der Waals surface area contributed by atoms with Crippen LogP contribution >= 0.6 is 0 Å². The van der Waals surface area contributed by atoms with E-state index in [9.17, 15) is 4.79 Å². The lowest BCUT2D eigenvalue weighted by Gasteiger charge is -2.34. The van der Waals surface area contributed by atoms with E-state index in [1.54, 1.807) is 0 Å². The molecule has 1 atom stereocenters. The van der Waals surface area contributed by atoms with Crippen molar-refractivity contribution in [1.82, 2.24) is 15.1 Å². The molecule has 2 rings (SSSR count). The van der Waals surface area contributed by atoms with E-state index in [1.807, 2.05) is 16.8 Å². The van der Waals surface area contributed by atoms with Gasteiger partial charge < -0.3 is 15.1 Å². The summed E-state index contributed by atoms with van der Waals surface area (Å²) in [5, 5.41) is 3.34. The molecular weight excluding hydrogens is 178 g/mol. The number of carbonyl (C=O) groups is 1. The molecule has 0 spiro atoms. The third kappa shape index (κ3) is 2.00. The minimum absolute atomic E-state index is 0.211. The zero-order valence-electron chi connectivity index (χ0n) is 8.83. The first-order valence-electron chi connectivity index (χ1n) is 5.48. The minimum atomic E-state index is 0.211. The maximum absolute atomic E-state index is 11.7. The maximum atomic E-state index is 11.7. The summed E-state index contributed by atoms with van der Waals surface area (Å²) >= 11 is 0. The van der Waals surface area contributed by atoms with Crippen molar-refractivity contribution in [3.63, 3.8) is 0 Å². The number of nitrogens with zero attached hydrogens (tertiary/aromatic N) is 2. The van der Waals surface area contributed by atoms with Gasteiger partial charge in [-0.3, -0.25) is 0 Å². The van der Waals surface area contributed by atoms with Gasteiger partial charge in [-0.05, 0) is 31.8 Å². The second-order valence-corrected chi connectivity index (χ2v) is 4.36. The number of hydrogen-bond acceptors (Lipinski definition) is 2. The van der Waals surface area contributed by atoms with E-state index in [2.05, 4.69) is 5.32 Å². The fourth-order valence-electron chi connectivity index (χ4n) is 2.28. The molecule has 0 bridgehead atoms. The first-order chi connectivity index (χ1) is 6.77. The summed E-state index contributed by atoms with van der Waals surface area (Å²) in [5.74, 6) is 0.672. The highest BCUT2D eigenvalue weighted by Crippen LogP contribution is 2.14. The van der Waals surface area contributed by atoms with Gasteiger partial charge in [0.2, 0.25) is 0 Å². The van der Waals surface area contributed by atoms with Crippen molar-refractivity contribution < 1.29 is 4.79 Å². The highest BCUT2D eigenvalue weighted by Gasteiger charge is 2.26. The Hall–Kier alpha value is -0.770. The van der Waals surface area contributed by atoms with Gasteiger partial charge in [0.25, 0.3) is 0 Å². The summed E-state index contributed by atoms with van der Waals surface area (Å²) in [7, 11) is 1.89. The smallest absolute Gasteiger partial charge is 0.319 e. The molecule has 0 radical (unpaired) electrons. The summed E-state index contributed by atoms with van der Waals surface area (Å²) in [6.07, 6.45) is 2.33. The van der Waals surface area contributed by atoms with Crippen molar-refractivity contribution in [1.29, 1.82) is 0 Å². The van der Waals surface area contributed by atoms with Crippen molar-refractivity contribution in [3.05, 3.63) is 0 Å². The second-order valence-electron chi connectivity index (χ2n) is 4.36. The standard InChI is InChI=1S/C10H19N3O/c1-12-5-2-6-13(10(12)14)8-9-3-4-11-7-9/h9,11H,2-8H2,1H3. The van der Waals surface area contributed by atoms with Crippen LogP contribution in [0.1, 0.15) is 12.8 Å². The lowest BCUT2D eigenvalue weighted by molar-refractivity contribution is 0.133. The first kappa shape index (κ1) is 9.77. The minimum Gasteiger partial charge on any atom is -0.328 e. The Balaban J connectivity index is 1.86. The number of carbonyl (C=O) groups excluding carboxylic acids is 1. The second kappa shape index (κ2) is 4.17. The molecule has 14 heavy (non-hydrogen) atoms. The summed E-state index contributed by atoms with van der Waals surface area (Å²) in [5.41, 5.74) is 0. The molecule has 2 aliphatic heterocycles. The molecule has 0 aromatic carbocycles. The highest BCUT2D eigenvalue weighted by molar-refractivity contribution is 5.74. The Morgan fingerprint density at radius 1 is 1.50 bits per heavy atom. The molecule has 2 saturated heterocycles. The molecule has 0 aromatic heterocycles. The number of hydrogen-bond donors (Lipinski definition) is 1. The third-order valence-corrected chi connectivity index (χ3v) is 3.16. The molecule has 4 nitrogen and oxygen atoms in total. The number of rotatable bonds is 2. The van der Waals surface area contributed by atoms with Gasteiger partial charge in [0, 0.05) is 26.7 Å². The lowest BCUT2D eigenvalue weighted by Crippen LogP contribution is -2.49. The van der Waals surface area contributed by atoms with E-state index >= 15 is 0 Å². The number of urea groups is 1. The van der Waals surface area contributed by atoms with Gasteiger partial charge in [0.05, 0.1) is 0 Å². The highest BCUT2D eigenvalue weighted by atomic mass is 16.2. The van der Waals surface area contributed by atoms with Crippen molar-refractivity contribution in [2.45, 2.75) is 12.8 Å². The van der Waals surface area contributed by atoms with Crippen LogP contribution in [0.4, 0.5) is 4.79 Å². The Kier molecular flexibility index (Phi) is 2.91. The molecule has 1 N–H and O–H groups in total. The van der Waals surface area contributed by atoms with Crippen molar-refractivity contribution in [2.24, 2.45) is 5.92 Å². The van der Waals surface area contributed by atoms with E-state index in [0.29, 0.717) is 5.92 Å². The molecule has 0 saturated carbocycles. The Morgan fingerprint density at radius 3 is 3.07 bits per heavy atom. The molecule has 0 aliphatic carbocycles. The zero-order valence-corrected chi connectivity index (χ0v) is 8.83. The van der Waals surface area contributed by atoms with Gasteiger partial charge in [-0.25, -0.2) is 4.79 Å². The average Bonchev–Trinajstić information content (AvgIpc) is 2.66. The van der Waals surface area contributed by atoms with Crippen LogP contribution in [-0.4, -0.2) is 55.6 Å². The predicted octanol–water partition coefficient (Wildman–Crippen LogP) is 0.353. The molecule has 1 unspecified atom stereocenters. The van der Waals surface area contributed by atoms with Crippen LogP contribution in [0.25, 0.3) is 0 Å². The SMILES string of the molecule is CN1CCCN(CC2CCNC2)C1=O. The van der Waals surface area contributed by atoms with Gasteiger partial charge >= 0.3 is 6.03 Å². The molecule has 2 aliphatic rings. The van der Waals surface area contributed by atoms with Gasteiger partial charge in [0.15, 0.2) is 0 Å². The van der Waals surface area contributed by atoms with Crippen LogP contribution in [0, 0.1) is 5.92 Å². The van der Waals surface area contributed by atoms with Crippen LogP contribution in [0.15, 0.2) is 0 Å². The van der Waals surface area contributed by atoms with Crippen LogP contribution < -0.4 is 5.32 Å². The molecule has 80 valence electrons. The van der Waals surface area contributed by atoms with Gasteiger partial charge in [0.1, 0.15) is 0 Å². The topological polar surface area (TPSA) is 35.6 Å². The Labute approximate surface area is 85.2 Å². The van der Waals surface area contributed by atoms with Crippen molar-refractivity contribution in [2.75, 3.05) is 39.8 Å². The van der Waals surface area contributed by atoms with Gasteiger partial charge in [-0.15, -0.1) is 0 Å². The van der Waals surface area contributed by atoms with E-state index in [0.717, 1.165) is 39.1 Å². The Morgan fingerprint density at radius 2 is 2.36 bits per heavy atom. The monoisotopic (exact) mass is 197 g/mol. The van der Waals surface area contributed by atoms with E-state index in [4.69, 9.17) is 0 Å². The third-order valence-electron chi connectivity index (χ3n) is 3.16. The fraction of sp³-hybridized carbons (Fsp3) is 0.900. The van der Waals surface area contributed by atoms with Crippen molar-refractivity contribution >= 4 is 6.03 Å². The molecule has 0 aromatic rings. The average molecular weight is 197 g/mol. The first-order valence-corrected chi connectivity index (χ1v) is 5.48. The maximum Gasteiger partial charge on any atom is 0.319 e. The molecule has 2 fully saturated rings. The van der Waals surface area contributed by atoms with Crippen molar-refractivity contribution in [3.8, 4) is 0 Å². The predicted molar refractivity (Wildman–Crippen MR) is 55.2 cm³/mol. The van der Waals surface area contributed by atoms with Gasteiger partial charge in [-0.1, -0.05) is 0 Å². The number of amides is 2.